The molecule has 1 aliphatic heterocycles. The summed E-state index contributed by atoms with van der Waals surface area (Å²) in [5, 5.41) is 3.36. The Kier molecular flexibility index (Phi) is 6.50. The van der Waals surface area contributed by atoms with Crippen molar-refractivity contribution < 1.29 is 4.79 Å². The number of amides is 1. The standard InChI is InChI=1S/C14H28N2OS/c1-5-7-14(8-9-15-11-14)13(17)16(3)12(2)6-10-18-4/h12,15H,5-11H2,1-4H3. The lowest BCUT2D eigenvalue weighted by Gasteiger charge is -2.35. The summed E-state index contributed by atoms with van der Waals surface area (Å²) in [6.07, 6.45) is 6.30. The zero-order valence-electron chi connectivity index (χ0n) is 12.3. The lowest BCUT2D eigenvalue weighted by atomic mass is 9.81. The van der Waals surface area contributed by atoms with Crippen molar-refractivity contribution in [1.29, 1.82) is 0 Å². The van der Waals surface area contributed by atoms with Gasteiger partial charge >= 0.3 is 0 Å². The number of carbonyl (C=O) groups is 1. The predicted octanol–water partition coefficient (Wildman–Crippen LogP) is 2.37. The molecule has 106 valence electrons. The van der Waals surface area contributed by atoms with E-state index in [-0.39, 0.29) is 5.41 Å². The maximum absolute atomic E-state index is 12.7. The van der Waals surface area contributed by atoms with Gasteiger partial charge in [-0.25, -0.2) is 0 Å². The van der Waals surface area contributed by atoms with E-state index >= 15 is 0 Å². The number of hydrogen-bond donors (Lipinski definition) is 1. The molecule has 1 saturated heterocycles. The molecule has 1 N–H and O–H groups in total. The molecule has 0 aromatic heterocycles. The van der Waals surface area contributed by atoms with Gasteiger partial charge in [0, 0.05) is 19.6 Å². The zero-order valence-corrected chi connectivity index (χ0v) is 13.1. The monoisotopic (exact) mass is 272 g/mol. The molecule has 0 aliphatic carbocycles. The maximum Gasteiger partial charge on any atom is 0.230 e. The fraction of sp³-hybridized carbons (Fsp3) is 0.929. The molecule has 18 heavy (non-hydrogen) atoms. The second kappa shape index (κ2) is 7.39. The molecule has 1 fully saturated rings. The zero-order chi connectivity index (χ0) is 13.6. The largest absolute Gasteiger partial charge is 0.343 e. The Morgan fingerprint density at radius 3 is 2.78 bits per heavy atom. The average Bonchev–Trinajstić information content (AvgIpc) is 2.84. The molecule has 1 aliphatic rings. The Hall–Kier alpha value is -0.220. The van der Waals surface area contributed by atoms with Gasteiger partial charge in [0.1, 0.15) is 0 Å². The Morgan fingerprint density at radius 2 is 2.28 bits per heavy atom. The van der Waals surface area contributed by atoms with Crippen LogP contribution in [0.25, 0.3) is 0 Å². The maximum atomic E-state index is 12.7. The van der Waals surface area contributed by atoms with E-state index in [1.165, 1.54) is 0 Å². The van der Waals surface area contributed by atoms with Crippen LogP contribution in [-0.2, 0) is 4.79 Å². The molecular formula is C14H28N2OS. The smallest absolute Gasteiger partial charge is 0.230 e. The number of rotatable bonds is 7. The van der Waals surface area contributed by atoms with Crippen LogP contribution in [-0.4, -0.2) is 49.0 Å². The van der Waals surface area contributed by atoms with Crippen molar-refractivity contribution >= 4 is 17.7 Å². The van der Waals surface area contributed by atoms with Gasteiger partial charge in [0.2, 0.25) is 5.91 Å². The number of nitrogens with zero attached hydrogens (tertiary/aromatic N) is 1. The third-order valence-electron chi connectivity index (χ3n) is 4.15. The molecule has 0 aromatic rings. The van der Waals surface area contributed by atoms with Gasteiger partial charge in [0.15, 0.2) is 0 Å². The summed E-state index contributed by atoms with van der Waals surface area (Å²) in [4.78, 5) is 14.7. The minimum atomic E-state index is -0.128. The van der Waals surface area contributed by atoms with Gasteiger partial charge in [0.05, 0.1) is 5.41 Å². The van der Waals surface area contributed by atoms with Crippen molar-refractivity contribution in [2.75, 3.05) is 32.1 Å². The SMILES string of the molecule is CCCC1(C(=O)N(C)C(C)CCSC)CCNC1. The highest BCUT2D eigenvalue weighted by atomic mass is 32.2. The summed E-state index contributed by atoms with van der Waals surface area (Å²) in [5.74, 6) is 1.47. The van der Waals surface area contributed by atoms with E-state index in [9.17, 15) is 4.79 Å². The molecule has 2 atom stereocenters. The molecular weight excluding hydrogens is 244 g/mol. The number of carbonyl (C=O) groups excluding carboxylic acids is 1. The van der Waals surface area contributed by atoms with Gasteiger partial charge in [-0.05, 0) is 44.7 Å². The molecule has 2 unspecified atom stereocenters. The summed E-state index contributed by atoms with van der Waals surface area (Å²) >= 11 is 1.85. The Morgan fingerprint density at radius 1 is 1.56 bits per heavy atom. The molecule has 1 amide bonds. The summed E-state index contributed by atoms with van der Waals surface area (Å²) in [7, 11) is 1.98. The van der Waals surface area contributed by atoms with Gasteiger partial charge in [-0.2, -0.15) is 11.8 Å². The summed E-state index contributed by atoms with van der Waals surface area (Å²) in [6, 6.07) is 0.347. The number of thioether (sulfide) groups is 1. The molecule has 0 spiro atoms. The van der Waals surface area contributed by atoms with E-state index in [0.29, 0.717) is 11.9 Å². The third kappa shape index (κ3) is 3.64. The quantitative estimate of drug-likeness (QED) is 0.772. The van der Waals surface area contributed by atoms with Crippen LogP contribution in [0.4, 0.5) is 0 Å². The highest BCUT2D eigenvalue weighted by Gasteiger charge is 2.42. The predicted molar refractivity (Wildman–Crippen MR) is 80.1 cm³/mol. The third-order valence-corrected chi connectivity index (χ3v) is 4.79. The van der Waals surface area contributed by atoms with E-state index in [1.807, 2.05) is 23.7 Å². The Labute approximate surface area is 116 Å². The van der Waals surface area contributed by atoms with E-state index in [4.69, 9.17) is 0 Å². The van der Waals surface area contributed by atoms with Crippen LogP contribution in [0.5, 0.6) is 0 Å². The fourth-order valence-electron chi connectivity index (χ4n) is 2.78. The van der Waals surface area contributed by atoms with Crippen molar-refractivity contribution in [3.05, 3.63) is 0 Å². The van der Waals surface area contributed by atoms with Crippen molar-refractivity contribution in [3.8, 4) is 0 Å². The summed E-state index contributed by atoms with van der Waals surface area (Å²) in [5.41, 5.74) is -0.128. The Bertz CT molecular complexity index is 265. The molecule has 0 bridgehead atoms. The molecule has 1 heterocycles. The van der Waals surface area contributed by atoms with Crippen LogP contribution >= 0.6 is 11.8 Å². The Balaban J connectivity index is 2.64. The van der Waals surface area contributed by atoms with Crippen molar-refractivity contribution in [2.45, 2.75) is 45.6 Å². The minimum Gasteiger partial charge on any atom is -0.343 e. The second-order valence-electron chi connectivity index (χ2n) is 5.50. The van der Waals surface area contributed by atoms with Crippen molar-refractivity contribution in [2.24, 2.45) is 5.41 Å². The van der Waals surface area contributed by atoms with Gasteiger partial charge in [-0.15, -0.1) is 0 Å². The van der Waals surface area contributed by atoms with Crippen LogP contribution in [0.15, 0.2) is 0 Å². The number of hydrogen-bond acceptors (Lipinski definition) is 3. The average molecular weight is 272 g/mol. The van der Waals surface area contributed by atoms with E-state index in [1.54, 1.807) is 0 Å². The number of nitrogens with one attached hydrogen (secondary N) is 1. The first-order valence-electron chi connectivity index (χ1n) is 7.04. The van der Waals surface area contributed by atoms with Crippen LogP contribution in [0.2, 0.25) is 0 Å². The first-order valence-corrected chi connectivity index (χ1v) is 8.43. The molecule has 4 heteroatoms. The fourth-order valence-corrected chi connectivity index (χ4v) is 3.36. The van der Waals surface area contributed by atoms with Gasteiger partial charge in [-0.3, -0.25) is 4.79 Å². The molecule has 0 aromatic carbocycles. The first-order chi connectivity index (χ1) is 8.57. The van der Waals surface area contributed by atoms with Gasteiger partial charge < -0.3 is 10.2 Å². The molecule has 1 rings (SSSR count). The van der Waals surface area contributed by atoms with Crippen LogP contribution < -0.4 is 5.32 Å². The molecule has 0 saturated carbocycles. The van der Waals surface area contributed by atoms with Crippen molar-refractivity contribution in [3.63, 3.8) is 0 Å². The summed E-state index contributed by atoms with van der Waals surface area (Å²) < 4.78 is 0. The van der Waals surface area contributed by atoms with E-state index in [0.717, 1.165) is 44.5 Å². The van der Waals surface area contributed by atoms with Gasteiger partial charge in [0.25, 0.3) is 0 Å². The first kappa shape index (κ1) is 15.8. The lowest BCUT2D eigenvalue weighted by Crippen LogP contribution is -2.47. The molecule has 0 radical (unpaired) electrons. The topological polar surface area (TPSA) is 32.3 Å². The summed E-state index contributed by atoms with van der Waals surface area (Å²) in [6.45, 7) is 6.18. The highest BCUT2D eigenvalue weighted by molar-refractivity contribution is 7.98. The minimum absolute atomic E-state index is 0.128. The van der Waals surface area contributed by atoms with E-state index in [2.05, 4.69) is 25.4 Å². The van der Waals surface area contributed by atoms with Crippen LogP contribution in [0.1, 0.15) is 39.5 Å². The van der Waals surface area contributed by atoms with E-state index < -0.39 is 0 Å². The van der Waals surface area contributed by atoms with Crippen molar-refractivity contribution in [1.82, 2.24) is 10.2 Å². The van der Waals surface area contributed by atoms with Gasteiger partial charge in [-0.1, -0.05) is 13.3 Å². The van der Waals surface area contributed by atoms with Crippen LogP contribution in [0, 0.1) is 5.41 Å². The van der Waals surface area contributed by atoms with Crippen LogP contribution in [0.3, 0.4) is 0 Å². The normalized spacial score (nSPS) is 25.1. The second-order valence-corrected chi connectivity index (χ2v) is 6.49. The lowest BCUT2D eigenvalue weighted by molar-refractivity contribution is -0.142. The molecule has 3 nitrogen and oxygen atoms in total. The highest BCUT2D eigenvalue weighted by Crippen LogP contribution is 2.33.